The Balaban J connectivity index is 2.92. The van der Waals surface area contributed by atoms with Crippen LogP contribution < -0.4 is 0 Å². The Morgan fingerprint density at radius 2 is 1.15 bits per heavy atom. The highest BCUT2D eigenvalue weighted by Gasteiger charge is 1.99. The molecule has 6 heteroatoms. The van der Waals surface area contributed by atoms with Crippen LogP contribution >= 0.6 is 46.4 Å². The summed E-state index contributed by atoms with van der Waals surface area (Å²) in [6, 6.07) is 0. The van der Waals surface area contributed by atoms with Gasteiger partial charge in [0.1, 0.15) is 16.5 Å². The minimum atomic E-state index is -0.380. The van der Waals surface area contributed by atoms with Crippen LogP contribution in [0.5, 0.6) is 0 Å². The van der Waals surface area contributed by atoms with E-state index >= 15 is 0 Å². The van der Waals surface area contributed by atoms with Gasteiger partial charge in [-0.2, -0.15) is 0 Å². The maximum atomic E-state index is 5.47. The van der Waals surface area contributed by atoms with E-state index < -0.39 is 0 Å². The third-order valence-electron chi connectivity index (χ3n) is 1.13. The number of halogens is 4. The lowest BCUT2D eigenvalue weighted by atomic mass is 10.5. The van der Waals surface area contributed by atoms with Crippen molar-refractivity contribution in [2.24, 2.45) is 0 Å². The van der Waals surface area contributed by atoms with E-state index in [1.165, 1.54) is 0 Å². The molecule has 0 atom stereocenters. The second-order valence-corrected chi connectivity index (χ2v) is 4.85. The molecule has 0 radical (unpaired) electrons. The van der Waals surface area contributed by atoms with E-state index in [2.05, 4.69) is 0 Å². The monoisotopic (exact) mass is 268 g/mol. The summed E-state index contributed by atoms with van der Waals surface area (Å²) in [5.41, 5.74) is 0. The summed E-state index contributed by atoms with van der Waals surface area (Å²) >= 11 is 21.9. The van der Waals surface area contributed by atoms with E-state index in [4.69, 9.17) is 55.9 Å². The first kappa shape index (κ1) is 14.1. The van der Waals surface area contributed by atoms with Crippen LogP contribution in [0.3, 0.4) is 0 Å². The standard InChI is InChI=1S/C7H12Cl4O2/c8-6(9)1-3-12-5-13-4-2-7(10)11/h6-7H,1-5H2. The largest absolute Gasteiger partial charge is 0.355 e. The smallest absolute Gasteiger partial charge is 0.146 e. The van der Waals surface area contributed by atoms with Gasteiger partial charge in [0.25, 0.3) is 0 Å². The fourth-order valence-corrected chi connectivity index (χ4v) is 0.878. The van der Waals surface area contributed by atoms with Crippen molar-refractivity contribution in [3.63, 3.8) is 0 Å². The number of ether oxygens (including phenoxy) is 2. The Kier molecular flexibility index (Phi) is 10.4. The van der Waals surface area contributed by atoms with Crippen LogP contribution in [0.25, 0.3) is 0 Å². The van der Waals surface area contributed by atoms with E-state index in [1.54, 1.807) is 0 Å². The van der Waals surface area contributed by atoms with Crippen molar-refractivity contribution in [1.29, 1.82) is 0 Å². The Bertz CT molecular complexity index is 98.7. The van der Waals surface area contributed by atoms with Crippen molar-refractivity contribution in [1.82, 2.24) is 0 Å². The summed E-state index contributed by atoms with van der Waals surface area (Å²) in [4.78, 5) is -0.759. The second kappa shape index (κ2) is 9.63. The van der Waals surface area contributed by atoms with Crippen LogP contribution in [-0.2, 0) is 9.47 Å². The number of hydrogen-bond donors (Lipinski definition) is 0. The maximum Gasteiger partial charge on any atom is 0.146 e. The van der Waals surface area contributed by atoms with Gasteiger partial charge in [0, 0.05) is 12.8 Å². The normalized spacial score (nSPS) is 11.5. The van der Waals surface area contributed by atoms with Gasteiger partial charge in [0.2, 0.25) is 0 Å². The molecular formula is C7H12Cl4O2. The molecule has 0 spiro atoms. The molecule has 0 aliphatic rings. The van der Waals surface area contributed by atoms with Crippen molar-refractivity contribution in [3.8, 4) is 0 Å². The highest BCUT2D eigenvalue weighted by Crippen LogP contribution is 2.07. The number of rotatable bonds is 8. The molecule has 0 aliphatic carbocycles. The Morgan fingerprint density at radius 1 is 0.769 bits per heavy atom. The van der Waals surface area contributed by atoms with Crippen LogP contribution in [0.1, 0.15) is 12.8 Å². The maximum absolute atomic E-state index is 5.47. The molecule has 0 aromatic heterocycles. The first-order valence-electron chi connectivity index (χ1n) is 3.84. The molecule has 0 saturated heterocycles. The second-order valence-electron chi connectivity index (χ2n) is 2.29. The van der Waals surface area contributed by atoms with Crippen LogP contribution in [0.4, 0.5) is 0 Å². The van der Waals surface area contributed by atoms with Gasteiger partial charge < -0.3 is 9.47 Å². The molecule has 0 bridgehead atoms. The SMILES string of the molecule is ClC(Cl)CCOCOCCC(Cl)Cl. The molecule has 0 aromatic rings. The highest BCUT2D eigenvalue weighted by atomic mass is 35.5. The average molecular weight is 270 g/mol. The first-order chi connectivity index (χ1) is 6.13. The summed E-state index contributed by atoms with van der Waals surface area (Å²) in [5, 5.41) is 0. The Labute approximate surface area is 98.4 Å². The zero-order valence-electron chi connectivity index (χ0n) is 7.02. The van der Waals surface area contributed by atoms with Crippen molar-refractivity contribution in [3.05, 3.63) is 0 Å². The van der Waals surface area contributed by atoms with Crippen molar-refractivity contribution < 1.29 is 9.47 Å². The zero-order chi connectivity index (χ0) is 10.1. The lowest BCUT2D eigenvalue weighted by Gasteiger charge is -2.06. The van der Waals surface area contributed by atoms with Crippen LogP contribution in [0.2, 0.25) is 0 Å². The summed E-state index contributed by atoms with van der Waals surface area (Å²) in [6.07, 6.45) is 1.19. The molecule has 0 saturated carbocycles. The van der Waals surface area contributed by atoms with Gasteiger partial charge in [-0.3, -0.25) is 0 Å². The molecule has 0 aromatic carbocycles. The summed E-state index contributed by atoms with van der Waals surface area (Å²) in [5.74, 6) is 0. The van der Waals surface area contributed by atoms with Crippen molar-refractivity contribution >= 4 is 46.4 Å². The van der Waals surface area contributed by atoms with Crippen LogP contribution in [0, 0.1) is 0 Å². The third kappa shape index (κ3) is 13.1. The lowest BCUT2D eigenvalue weighted by Crippen LogP contribution is -2.06. The predicted molar refractivity (Wildman–Crippen MR) is 57.0 cm³/mol. The third-order valence-corrected chi connectivity index (χ3v) is 2.00. The molecule has 0 N–H and O–H groups in total. The average Bonchev–Trinajstić information content (AvgIpc) is 2.01. The minimum absolute atomic E-state index is 0.223. The van der Waals surface area contributed by atoms with Gasteiger partial charge >= 0.3 is 0 Å². The van der Waals surface area contributed by atoms with Crippen molar-refractivity contribution in [2.75, 3.05) is 20.0 Å². The summed E-state index contributed by atoms with van der Waals surface area (Å²) in [7, 11) is 0. The van der Waals surface area contributed by atoms with E-state index in [-0.39, 0.29) is 16.5 Å². The highest BCUT2D eigenvalue weighted by molar-refractivity contribution is 6.44. The quantitative estimate of drug-likeness (QED) is 0.382. The molecule has 13 heavy (non-hydrogen) atoms. The molecule has 80 valence electrons. The van der Waals surface area contributed by atoms with E-state index in [0.29, 0.717) is 26.1 Å². The lowest BCUT2D eigenvalue weighted by molar-refractivity contribution is -0.0535. The first-order valence-corrected chi connectivity index (χ1v) is 5.59. The topological polar surface area (TPSA) is 18.5 Å². The molecule has 0 fully saturated rings. The summed E-state index contributed by atoms with van der Waals surface area (Å²) < 4.78 is 10.1. The molecule has 0 aliphatic heterocycles. The molecule has 0 unspecified atom stereocenters. The molecule has 2 nitrogen and oxygen atoms in total. The van der Waals surface area contributed by atoms with Crippen molar-refractivity contribution in [2.45, 2.75) is 22.5 Å². The van der Waals surface area contributed by atoms with Gasteiger partial charge in [-0.05, 0) is 0 Å². The van der Waals surface area contributed by atoms with Gasteiger partial charge in [-0.1, -0.05) is 0 Å². The Morgan fingerprint density at radius 3 is 1.46 bits per heavy atom. The molecular weight excluding hydrogens is 258 g/mol. The van der Waals surface area contributed by atoms with E-state index in [9.17, 15) is 0 Å². The minimum Gasteiger partial charge on any atom is -0.355 e. The zero-order valence-corrected chi connectivity index (χ0v) is 10.0. The van der Waals surface area contributed by atoms with Crippen LogP contribution in [0.15, 0.2) is 0 Å². The van der Waals surface area contributed by atoms with Crippen LogP contribution in [-0.4, -0.2) is 29.7 Å². The number of hydrogen-bond acceptors (Lipinski definition) is 2. The van der Waals surface area contributed by atoms with Gasteiger partial charge in [-0.15, -0.1) is 46.4 Å². The fourth-order valence-electron chi connectivity index (χ4n) is 0.522. The Hall–Kier alpha value is 1.08. The van der Waals surface area contributed by atoms with Gasteiger partial charge in [0.15, 0.2) is 0 Å². The predicted octanol–water partition coefficient (Wildman–Crippen LogP) is 3.36. The number of alkyl halides is 4. The van der Waals surface area contributed by atoms with Gasteiger partial charge in [0.05, 0.1) is 13.2 Å². The molecule has 0 heterocycles. The molecule has 0 amide bonds. The molecule has 0 rings (SSSR count). The summed E-state index contributed by atoms with van der Waals surface area (Å²) in [6.45, 7) is 1.20. The van der Waals surface area contributed by atoms with E-state index in [0.717, 1.165) is 0 Å². The van der Waals surface area contributed by atoms with Gasteiger partial charge in [-0.25, -0.2) is 0 Å². The fraction of sp³-hybridized carbons (Fsp3) is 1.00. The van der Waals surface area contributed by atoms with E-state index in [1.807, 2.05) is 0 Å².